The average molecular weight is 228 g/mol. The zero-order valence-electron chi connectivity index (χ0n) is 8.78. The lowest BCUT2D eigenvalue weighted by molar-refractivity contribution is -0.131. The van der Waals surface area contributed by atoms with Crippen LogP contribution in [0.25, 0.3) is 0 Å². The van der Waals surface area contributed by atoms with Crippen molar-refractivity contribution in [3.05, 3.63) is 43.0 Å². The fourth-order valence-electron chi connectivity index (χ4n) is 0.428. The summed E-state index contributed by atoms with van der Waals surface area (Å²) in [6, 6.07) is 8.71. The number of rotatable bonds is 2. The molecule has 0 fully saturated rings. The maximum absolute atomic E-state index is 9.25. The quantitative estimate of drug-likeness (QED) is 0.556. The summed E-state index contributed by atoms with van der Waals surface area (Å²) in [7, 11) is 0. The minimum atomic E-state index is -0.981. The molecule has 16 heavy (non-hydrogen) atoms. The summed E-state index contributed by atoms with van der Waals surface area (Å²) in [4.78, 5) is 9.25. The molecule has 0 aliphatic rings. The van der Waals surface area contributed by atoms with E-state index in [0.29, 0.717) is 5.75 Å². The first-order valence-corrected chi connectivity index (χ1v) is 4.39. The number of aliphatic carboxylic acids is 1. The van der Waals surface area contributed by atoms with Gasteiger partial charge in [0, 0.05) is 6.08 Å². The van der Waals surface area contributed by atoms with Gasteiger partial charge in [-0.15, -0.1) is 0 Å². The van der Waals surface area contributed by atoms with Crippen LogP contribution in [0.15, 0.2) is 43.0 Å². The molecule has 1 aromatic carbocycles. The van der Waals surface area contributed by atoms with Gasteiger partial charge in [0.2, 0.25) is 0 Å². The fraction of sp³-hybridized carbons (Fsp3) is 0.182. The molecule has 0 heterocycles. The third kappa shape index (κ3) is 18.0. The lowest BCUT2D eigenvalue weighted by atomic mass is 10.3. The first kappa shape index (κ1) is 16.6. The Labute approximate surface area is 93.9 Å². The van der Waals surface area contributed by atoms with Crippen molar-refractivity contribution in [1.82, 2.24) is 0 Å². The SMILES string of the molecule is C=CC(=O)O.OCCO.Oc1ccccc1. The van der Waals surface area contributed by atoms with E-state index in [1.807, 2.05) is 6.07 Å². The highest BCUT2D eigenvalue weighted by Gasteiger charge is 1.75. The standard InChI is InChI=1S/C6H6O.C3H4O2.C2H6O2/c7-6-4-2-1-3-5-6;1-2-3(4)5;3-1-2-4/h1-5,7H;2H,1H2,(H,4,5);3-4H,1-2H2. The fourth-order valence-corrected chi connectivity index (χ4v) is 0.428. The van der Waals surface area contributed by atoms with Gasteiger partial charge in [-0.05, 0) is 12.1 Å². The van der Waals surface area contributed by atoms with Gasteiger partial charge in [-0.25, -0.2) is 4.79 Å². The summed E-state index contributed by atoms with van der Waals surface area (Å²) in [5.74, 6) is -0.660. The summed E-state index contributed by atoms with van der Waals surface area (Å²) in [5, 5.41) is 31.5. The maximum atomic E-state index is 9.25. The van der Waals surface area contributed by atoms with E-state index in [9.17, 15) is 4.79 Å². The number of benzene rings is 1. The van der Waals surface area contributed by atoms with Crippen molar-refractivity contribution < 1.29 is 25.2 Å². The van der Waals surface area contributed by atoms with Crippen LogP contribution >= 0.6 is 0 Å². The summed E-state index contributed by atoms with van der Waals surface area (Å²) < 4.78 is 0. The Kier molecular flexibility index (Phi) is 13.6. The number of aliphatic hydroxyl groups is 2. The third-order valence-electron chi connectivity index (χ3n) is 1.03. The van der Waals surface area contributed by atoms with Crippen LogP contribution in [0.5, 0.6) is 5.75 Å². The van der Waals surface area contributed by atoms with Crippen molar-refractivity contribution in [2.75, 3.05) is 13.2 Å². The molecule has 1 rings (SSSR count). The van der Waals surface area contributed by atoms with E-state index in [4.69, 9.17) is 20.4 Å². The van der Waals surface area contributed by atoms with Gasteiger partial charge < -0.3 is 20.4 Å². The highest BCUT2D eigenvalue weighted by molar-refractivity contribution is 5.78. The molecule has 0 aliphatic heterocycles. The van der Waals surface area contributed by atoms with E-state index in [2.05, 4.69) is 6.58 Å². The van der Waals surface area contributed by atoms with Crippen molar-refractivity contribution >= 4 is 5.97 Å². The molecule has 0 radical (unpaired) electrons. The number of aromatic hydroxyl groups is 1. The van der Waals surface area contributed by atoms with Crippen molar-refractivity contribution in [1.29, 1.82) is 0 Å². The van der Waals surface area contributed by atoms with Crippen LogP contribution in [-0.4, -0.2) is 39.6 Å². The lowest BCUT2D eigenvalue weighted by Gasteiger charge is -1.82. The molecule has 0 spiro atoms. The molecule has 0 unspecified atom stereocenters. The molecule has 5 nitrogen and oxygen atoms in total. The third-order valence-corrected chi connectivity index (χ3v) is 1.03. The van der Waals surface area contributed by atoms with Gasteiger partial charge >= 0.3 is 5.97 Å². The number of para-hydroxylation sites is 1. The molecule has 0 amide bonds. The Balaban J connectivity index is 0. The number of hydrogen-bond acceptors (Lipinski definition) is 4. The molecule has 0 aliphatic carbocycles. The predicted molar refractivity (Wildman–Crippen MR) is 60.1 cm³/mol. The first-order valence-electron chi connectivity index (χ1n) is 4.39. The second kappa shape index (κ2) is 13.2. The van der Waals surface area contributed by atoms with Crippen LogP contribution in [0.1, 0.15) is 0 Å². The summed E-state index contributed by atoms with van der Waals surface area (Å²) >= 11 is 0. The van der Waals surface area contributed by atoms with Crippen LogP contribution in [0, 0.1) is 0 Å². The van der Waals surface area contributed by atoms with Gasteiger partial charge in [-0.2, -0.15) is 0 Å². The number of hydrogen-bond donors (Lipinski definition) is 4. The van der Waals surface area contributed by atoms with Crippen LogP contribution in [0.2, 0.25) is 0 Å². The van der Waals surface area contributed by atoms with E-state index >= 15 is 0 Å². The van der Waals surface area contributed by atoms with Crippen molar-refractivity contribution in [3.63, 3.8) is 0 Å². The normalized spacial score (nSPS) is 7.62. The molecular weight excluding hydrogens is 212 g/mol. The second-order valence-electron chi connectivity index (χ2n) is 2.33. The number of carboxylic acid groups (broad SMARTS) is 1. The minimum Gasteiger partial charge on any atom is -0.508 e. The largest absolute Gasteiger partial charge is 0.508 e. The van der Waals surface area contributed by atoms with Gasteiger partial charge in [0.15, 0.2) is 0 Å². The predicted octanol–water partition coefficient (Wildman–Crippen LogP) is 0.620. The highest BCUT2D eigenvalue weighted by atomic mass is 16.4. The van der Waals surface area contributed by atoms with Crippen LogP contribution in [-0.2, 0) is 4.79 Å². The summed E-state index contributed by atoms with van der Waals surface area (Å²) in [6.07, 6.45) is 0.833. The zero-order chi connectivity index (χ0) is 12.8. The molecule has 0 aromatic heterocycles. The number of carboxylic acids is 1. The number of carbonyl (C=O) groups is 1. The Hall–Kier alpha value is -1.85. The second-order valence-corrected chi connectivity index (χ2v) is 2.33. The van der Waals surface area contributed by atoms with E-state index < -0.39 is 5.97 Å². The Bertz CT molecular complexity index is 269. The molecule has 0 saturated carbocycles. The van der Waals surface area contributed by atoms with Gasteiger partial charge in [0.25, 0.3) is 0 Å². The molecule has 4 N–H and O–H groups in total. The molecule has 5 heteroatoms. The number of phenols is 1. The highest BCUT2D eigenvalue weighted by Crippen LogP contribution is 2.02. The van der Waals surface area contributed by atoms with E-state index in [1.54, 1.807) is 24.3 Å². The number of phenolic OH excluding ortho intramolecular Hbond substituents is 1. The van der Waals surface area contributed by atoms with Gasteiger partial charge in [-0.3, -0.25) is 0 Å². The maximum Gasteiger partial charge on any atom is 0.327 e. The smallest absolute Gasteiger partial charge is 0.327 e. The zero-order valence-corrected chi connectivity index (χ0v) is 8.78. The summed E-state index contributed by atoms with van der Waals surface area (Å²) in [6.45, 7) is 2.71. The first-order chi connectivity index (χ1) is 7.58. The molecular formula is C11H16O5. The Morgan fingerprint density at radius 1 is 1.19 bits per heavy atom. The van der Waals surface area contributed by atoms with E-state index in [0.717, 1.165) is 6.08 Å². The van der Waals surface area contributed by atoms with E-state index in [1.165, 1.54) is 0 Å². The molecule has 1 aromatic rings. The Morgan fingerprint density at radius 3 is 1.69 bits per heavy atom. The minimum absolute atomic E-state index is 0.125. The van der Waals surface area contributed by atoms with Crippen LogP contribution in [0.4, 0.5) is 0 Å². The van der Waals surface area contributed by atoms with Gasteiger partial charge in [0.1, 0.15) is 5.75 Å². The summed E-state index contributed by atoms with van der Waals surface area (Å²) in [5.41, 5.74) is 0. The average Bonchev–Trinajstić information content (AvgIpc) is 2.31. The molecule has 0 saturated heterocycles. The Morgan fingerprint density at radius 2 is 1.56 bits per heavy atom. The van der Waals surface area contributed by atoms with Crippen LogP contribution in [0.3, 0.4) is 0 Å². The van der Waals surface area contributed by atoms with Crippen molar-refractivity contribution in [2.45, 2.75) is 0 Å². The molecule has 90 valence electrons. The van der Waals surface area contributed by atoms with Gasteiger partial charge in [0.05, 0.1) is 13.2 Å². The van der Waals surface area contributed by atoms with Crippen molar-refractivity contribution in [2.24, 2.45) is 0 Å². The molecule has 0 atom stereocenters. The molecule has 0 bridgehead atoms. The topological polar surface area (TPSA) is 98.0 Å². The number of aliphatic hydroxyl groups excluding tert-OH is 2. The van der Waals surface area contributed by atoms with Crippen LogP contribution < -0.4 is 0 Å². The lowest BCUT2D eigenvalue weighted by Crippen LogP contribution is -1.85. The van der Waals surface area contributed by atoms with E-state index in [-0.39, 0.29) is 13.2 Å². The monoisotopic (exact) mass is 228 g/mol. The van der Waals surface area contributed by atoms with Gasteiger partial charge in [-0.1, -0.05) is 24.8 Å². The van der Waals surface area contributed by atoms with Crippen molar-refractivity contribution in [3.8, 4) is 5.75 Å².